The molecule has 23 heavy (non-hydrogen) atoms. The highest BCUT2D eigenvalue weighted by molar-refractivity contribution is 6.03. The molecule has 0 fully saturated rings. The molecule has 1 unspecified atom stereocenters. The van der Waals surface area contributed by atoms with Gasteiger partial charge in [0.25, 0.3) is 5.91 Å². The molecule has 1 aromatic rings. The van der Waals surface area contributed by atoms with Gasteiger partial charge in [0.15, 0.2) is 5.69 Å². The minimum Gasteiger partial charge on any atom is -0.346 e. The van der Waals surface area contributed by atoms with Crippen LogP contribution in [0.1, 0.15) is 63.3 Å². The molecule has 0 spiro atoms. The molecular weight excluding hydrogens is 290 g/mol. The summed E-state index contributed by atoms with van der Waals surface area (Å²) in [6.07, 6.45) is 5.88. The van der Waals surface area contributed by atoms with Crippen LogP contribution < -0.4 is 11.1 Å². The van der Waals surface area contributed by atoms with Crippen LogP contribution in [0.3, 0.4) is 0 Å². The topological polar surface area (TPSA) is 85.3 Å². The van der Waals surface area contributed by atoms with Crippen LogP contribution in [0.2, 0.25) is 0 Å². The fraction of sp³-hybridized carbons (Fsp3) is 0.471. The fourth-order valence-electron chi connectivity index (χ4n) is 1.97. The van der Waals surface area contributed by atoms with E-state index in [-0.39, 0.29) is 17.5 Å². The van der Waals surface area contributed by atoms with Crippen molar-refractivity contribution in [2.24, 2.45) is 10.7 Å². The van der Waals surface area contributed by atoms with E-state index in [0.717, 1.165) is 17.8 Å². The third-order valence-electron chi connectivity index (χ3n) is 2.89. The number of carbonyl (C=O) groups excluding carboxylic acids is 1. The number of rotatable bonds is 6. The van der Waals surface area contributed by atoms with Crippen LogP contribution >= 0.6 is 0 Å². The van der Waals surface area contributed by atoms with Crippen molar-refractivity contribution in [3.63, 3.8) is 0 Å². The van der Waals surface area contributed by atoms with E-state index in [2.05, 4.69) is 22.0 Å². The molecule has 0 aromatic carbocycles. The van der Waals surface area contributed by atoms with Gasteiger partial charge in [-0.2, -0.15) is 5.10 Å². The van der Waals surface area contributed by atoms with Gasteiger partial charge >= 0.3 is 0 Å². The third-order valence-corrected chi connectivity index (χ3v) is 2.89. The predicted molar refractivity (Wildman–Crippen MR) is 95.3 cm³/mol. The number of hydrogen-bond acceptors (Lipinski definition) is 4. The molecule has 0 bridgehead atoms. The van der Waals surface area contributed by atoms with Crippen molar-refractivity contribution in [1.82, 2.24) is 15.1 Å². The molecule has 1 amide bonds. The van der Waals surface area contributed by atoms with Crippen LogP contribution in [-0.4, -0.2) is 27.4 Å². The number of nitrogens with zero attached hydrogens (tertiary/aromatic N) is 3. The lowest BCUT2D eigenvalue weighted by molar-refractivity contribution is 0.0914. The Labute approximate surface area is 138 Å². The molecule has 0 aliphatic carbocycles. The summed E-state index contributed by atoms with van der Waals surface area (Å²) in [6, 6.07) is 1.45. The zero-order chi connectivity index (χ0) is 17.6. The maximum absolute atomic E-state index is 12.3. The standard InChI is InChI=1S/C17H27N5O/c1-7-9-13(11-19-8-2)22-15(12(3)18)10-14(21-22)16(23)20-17(4,5)6/h8-12H,2,7,18H2,1,3-6H3,(H,20,23)/b13-9+,19-11?. The number of nitrogens with two attached hydrogens (primary N) is 1. The minimum absolute atomic E-state index is 0.227. The van der Waals surface area contributed by atoms with Gasteiger partial charge in [-0.3, -0.25) is 9.79 Å². The summed E-state index contributed by atoms with van der Waals surface area (Å²) in [5, 5.41) is 7.32. The van der Waals surface area contributed by atoms with E-state index in [0.29, 0.717) is 5.69 Å². The first-order chi connectivity index (χ1) is 10.7. The van der Waals surface area contributed by atoms with Gasteiger partial charge < -0.3 is 11.1 Å². The van der Waals surface area contributed by atoms with Crippen molar-refractivity contribution < 1.29 is 4.79 Å². The summed E-state index contributed by atoms with van der Waals surface area (Å²) >= 11 is 0. The summed E-state index contributed by atoms with van der Waals surface area (Å²) in [6.45, 7) is 13.2. The normalized spacial score (nSPS) is 14.1. The van der Waals surface area contributed by atoms with Gasteiger partial charge in [-0.25, -0.2) is 4.68 Å². The van der Waals surface area contributed by atoms with E-state index in [1.54, 1.807) is 17.0 Å². The molecule has 0 radical (unpaired) electrons. The lowest BCUT2D eigenvalue weighted by Crippen LogP contribution is -2.40. The van der Waals surface area contributed by atoms with Crippen molar-refractivity contribution in [3.05, 3.63) is 36.3 Å². The van der Waals surface area contributed by atoms with Gasteiger partial charge in [0.2, 0.25) is 0 Å². The molecular formula is C17H27N5O. The monoisotopic (exact) mass is 317 g/mol. The Bertz CT molecular complexity index is 617. The van der Waals surface area contributed by atoms with Crippen molar-refractivity contribution in [3.8, 4) is 0 Å². The number of aliphatic imine (C=N–C) groups is 1. The fourth-order valence-corrected chi connectivity index (χ4v) is 1.97. The number of carbonyl (C=O) groups is 1. The predicted octanol–water partition coefficient (Wildman–Crippen LogP) is 2.90. The highest BCUT2D eigenvalue weighted by Gasteiger charge is 2.21. The second-order valence-corrected chi connectivity index (χ2v) is 6.36. The SMILES string of the molecule is C=CN=C/C(=C\CC)n1nc(C(=O)NC(C)(C)C)cc1C(C)N. The molecule has 1 heterocycles. The van der Waals surface area contributed by atoms with Crippen LogP contribution in [-0.2, 0) is 0 Å². The van der Waals surface area contributed by atoms with Gasteiger partial charge in [0.05, 0.1) is 17.6 Å². The van der Waals surface area contributed by atoms with E-state index in [1.165, 1.54) is 6.20 Å². The van der Waals surface area contributed by atoms with Gasteiger partial charge in [0, 0.05) is 17.8 Å². The Morgan fingerprint density at radius 3 is 2.70 bits per heavy atom. The zero-order valence-corrected chi connectivity index (χ0v) is 14.6. The molecule has 1 rings (SSSR count). The Morgan fingerprint density at radius 1 is 1.57 bits per heavy atom. The first-order valence-electron chi connectivity index (χ1n) is 7.72. The number of aromatic nitrogens is 2. The molecule has 3 N–H and O–H groups in total. The van der Waals surface area contributed by atoms with Crippen LogP contribution in [0.5, 0.6) is 0 Å². The van der Waals surface area contributed by atoms with Crippen molar-refractivity contribution in [1.29, 1.82) is 0 Å². The van der Waals surface area contributed by atoms with E-state index in [9.17, 15) is 4.79 Å². The summed E-state index contributed by atoms with van der Waals surface area (Å²) in [4.78, 5) is 16.4. The lowest BCUT2D eigenvalue weighted by atomic mass is 10.1. The quantitative estimate of drug-likeness (QED) is 0.791. The first-order valence-corrected chi connectivity index (χ1v) is 7.72. The lowest BCUT2D eigenvalue weighted by Gasteiger charge is -2.19. The van der Waals surface area contributed by atoms with E-state index >= 15 is 0 Å². The third kappa shape index (κ3) is 5.49. The highest BCUT2D eigenvalue weighted by atomic mass is 16.2. The minimum atomic E-state index is -0.332. The van der Waals surface area contributed by atoms with E-state index in [1.807, 2.05) is 40.7 Å². The molecule has 0 saturated heterocycles. The second-order valence-electron chi connectivity index (χ2n) is 6.36. The van der Waals surface area contributed by atoms with Crippen LogP contribution in [0, 0.1) is 0 Å². The zero-order valence-electron chi connectivity index (χ0n) is 14.6. The molecule has 1 atom stereocenters. The van der Waals surface area contributed by atoms with E-state index < -0.39 is 0 Å². The molecule has 6 heteroatoms. The Kier molecular flexibility index (Phi) is 6.45. The number of nitrogens with one attached hydrogen (secondary N) is 1. The van der Waals surface area contributed by atoms with Crippen molar-refractivity contribution in [2.45, 2.75) is 52.6 Å². The first kappa shape index (κ1) is 18.8. The molecule has 0 saturated carbocycles. The molecule has 0 aliphatic heterocycles. The van der Waals surface area contributed by atoms with Crippen molar-refractivity contribution in [2.75, 3.05) is 0 Å². The van der Waals surface area contributed by atoms with E-state index in [4.69, 9.17) is 5.73 Å². The smallest absolute Gasteiger partial charge is 0.272 e. The Balaban J connectivity index is 3.31. The van der Waals surface area contributed by atoms with Gasteiger partial charge in [0.1, 0.15) is 0 Å². The summed E-state index contributed by atoms with van der Waals surface area (Å²) in [7, 11) is 0. The summed E-state index contributed by atoms with van der Waals surface area (Å²) < 4.78 is 1.67. The van der Waals surface area contributed by atoms with Gasteiger partial charge in [-0.15, -0.1) is 0 Å². The molecule has 1 aromatic heterocycles. The number of amides is 1. The molecule has 6 nitrogen and oxygen atoms in total. The van der Waals surface area contributed by atoms with Crippen LogP contribution in [0.15, 0.2) is 29.9 Å². The maximum atomic E-state index is 12.3. The van der Waals surface area contributed by atoms with Crippen molar-refractivity contribution >= 4 is 17.8 Å². The van der Waals surface area contributed by atoms with Gasteiger partial charge in [-0.05, 0) is 40.2 Å². The van der Waals surface area contributed by atoms with Crippen LogP contribution in [0.4, 0.5) is 0 Å². The Hall–Kier alpha value is -2.21. The second kappa shape index (κ2) is 7.87. The summed E-state index contributed by atoms with van der Waals surface area (Å²) in [5.41, 5.74) is 7.54. The summed E-state index contributed by atoms with van der Waals surface area (Å²) in [5.74, 6) is -0.227. The largest absolute Gasteiger partial charge is 0.346 e. The molecule has 126 valence electrons. The van der Waals surface area contributed by atoms with Crippen LogP contribution in [0.25, 0.3) is 5.70 Å². The average molecular weight is 317 g/mol. The number of allylic oxidation sites excluding steroid dienone is 2. The van der Waals surface area contributed by atoms with Gasteiger partial charge in [-0.1, -0.05) is 19.6 Å². The molecule has 0 aliphatic rings. The average Bonchev–Trinajstić information content (AvgIpc) is 2.87. The number of hydrogen-bond donors (Lipinski definition) is 2. The Morgan fingerprint density at radius 2 is 2.22 bits per heavy atom. The maximum Gasteiger partial charge on any atom is 0.272 e. The highest BCUT2D eigenvalue weighted by Crippen LogP contribution is 2.17.